The predicted molar refractivity (Wildman–Crippen MR) is 65.6 cm³/mol. The summed E-state index contributed by atoms with van der Waals surface area (Å²) in [6.45, 7) is 3.62. The lowest BCUT2D eigenvalue weighted by molar-refractivity contribution is 0.806. The maximum atomic E-state index is 8.90. The number of nitriles is 1. The van der Waals surface area contributed by atoms with E-state index in [4.69, 9.17) is 28.5 Å². The van der Waals surface area contributed by atoms with E-state index in [9.17, 15) is 0 Å². The zero-order chi connectivity index (χ0) is 12.6. The third-order valence-corrected chi connectivity index (χ3v) is 3.31. The minimum atomic E-state index is 0.275. The van der Waals surface area contributed by atoms with Gasteiger partial charge in [-0.05, 0) is 19.9 Å². The van der Waals surface area contributed by atoms with Gasteiger partial charge in [0.2, 0.25) is 0 Å². The summed E-state index contributed by atoms with van der Waals surface area (Å²) in [5.74, 6) is 0.415. The molecule has 0 aliphatic carbocycles. The highest BCUT2D eigenvalue weighted by Crippen LogP contribution is 2.26. The molecule has 86 valence electrons. The first-order valence-electron chi connectivity index (χ1n) is 4.83. The molecule has 17 heavy (non-hydrogen) atoms. The van der Waals surface area contributed by atoms with Crippen LogP contribution in [0.2, 0.25) is 10.0 Å². The molecule has 0 aliphatic rings. The number of rotatable bonds is 1. The van der Waals surface area contributed by atoms with Gasteiger partial charge >= 0.3 is 0 Å². The SMILES string of the molecule is Cc1nn(-c2nccc(C#N)c2Cl)c(C)c1Cl. The second-order valence-electron chi connectivity index (χ2n) is 3.50. The van der Waals surface area contributed by atoms with Crippen molar-refractivity contribution >= 4 is 23.2 Å². The summed E-state index contributed by atoms with van der Waals surface area (Å²) >= 11 is 12.1. The fourth-order valence-corrected chi connectivity index (χ4v) is 1.85. The highest BCUT2D eigenvalue weighted by atomic mass is 35.5. The molecular weight excluding hydrogens is 259 g/mol. The van der Waals surface area contributed by atoms with Crippen molar-refractivity contribution in [2.75, 3.05) is 0 Å². The van der Waals surface area contributed by atoms with Crippen LogP contribution in [0.25, 0.3) is 5.82 Å². The van der Waals surface area contributed by atoms with E-state index in [1.807, 2.05) is 13.0 Å². The lowest BCUT2D eigenvalue weighted by atomic mass is 10.3. The molecule has 0 radical (unpaired) electrons. The lowest BCUT2D eigenvalue weighted by Crippen LogP contribution is -2.03. The Hall–Kier alpha value is -1.57. The molecular formula is C11H8Cl2N4. The number of aromatic nitrogens is 3. The largest absolute Gasteiger partial charge is 0.236 e. The van der Waals surface area contributed by atoms with Gasteiger partial charge in [0.25, 0.3) is 0 Å². The number of pyridine rings is 1. The molecule has 0 aliphatic heterocycles. The van der Waals surface area contributed by atoms with Crippen molar-refractivity contribution in [2.24, 2.45) is 0 Å². The minimum absolute atomic E-state index is 0.275. The Kier molecular flexibility index (Phi) is 3.05. The van der Waals surface area contributed by atoms with Gasteiger partial charge < -0.3 is 0 Å². The molecule has 2 aromatic heterocycles. The molecule has 2 heterocycles. The summed E-state index contributed by atoms with van der Waals surface area (Å²) in [5, 5.41) is 14.0. The van der Waals surface area contributed by atoms with Gasteiger partial charge in [0, 0.05) is 6.20 Å². The Labute approximate surface area is 108 Å². The van der Waals surface area contributed by atoms with Gasteiger partial charge in [-0.25, -0.2) is 9.67 Å². The summed E-state index contributed by atoms with van der Waals surface area (Å²) in [5.41, 5.74) is 1.80. The fourth-order valence-electron chi connectivity index (χ4n) is 1.50. The average Bonchev–Trinajstić information content (AvgIpc) is 2.57. The van der Waals surface area contributed by atoms with Crippen LogP contribution in [0.15, 0.2) is 12.3 Å². The van der Waals surface area contributed by atoms with E-state index in [1.165, 1.54) is 6.20 Å². The summed E-state index contributed by atoms with van der Waals surface area (Å²) in [7, 11) is 0. The first-order valence-corrected chi connectivity index (χ1v) is 5.58. The lowest BCUT2D eigenvalue weighted by Gasteiger charge is -2.06. The van der Waals surface area contributed by atoms with Gasteiger partial charge in [0.1, 0.15) is 11.1 Å². The molecule has 6 heteroatoms. The van der Waals surface area contributed by atoms with Crippen molar-refractivity contribution in [3.8, 4) is 11.9 Å². The molecule has 2 rings (SSSR count). The zero-order valence-corrected chi connectivity index (χ0v) is 10.7. The maximum absolute atomic E-state index is 8.90. The van der Waals surface area contributed by atoms with Gasteiger partial charge in [-0.2, -0.15) is 10.4 Å². The highest BCUT2D eigenvalue weighted by molar-refractivity contribution is 6.33. The summed E-state index contributed by atoms with van der Waals surface area (Å²) in [4.78, 5) is 4.13. The molecule has 0 atom stereocenters. The van der Waals surface area contributed by atoms with Crippen LogP contribution >= 0.6 is 23.2 Å². The number of hydrogen-bond donors (Lipinski definition) is 0. The number of aryl methyl sites for hydroxylation is 1. The second-order valence-corrected chi connectivity index (χ2v) is 4.26. The third-order valence-electron chi connectivity index (χ3n) is 2.39. The normalized spacial score (nSPS) is 10.3. The fraction of sp³-hybridized carbons (Fsp3) is 0.182. The molecule has 0 N–H and O–H groups in total. The Bertz CT molecular complexity index is 625. The van der Waals surface area contributed by atoms with E-state index in [2.05, 4.69) is 10.1 Å². The first kappa shape index (κ1) is 11.9. The van der Waals surface area contributed by atoms with Crippen LogP contribution in [0.3, 0.4) is 0 Å². The zero-order valence-electron chi connectivity index (χ0n) is 9.20. The highest BCUT2D eigenvalue weighted by Gasteiger charge is 2.15. The van der Waals surface area contributed by atoms with Crippen LogP contribution in [0.1, 0.15) is 17.0 Å². The van der Waals surface area contributed by atoms with E-state index in [1.54, 1.807) is 17.7 Å². The minimum Gasteiger partial charge on any atom is -0.236 e. The number of nitrogens with zero attached hydrogens (tertiary/aromatic N) is 4. The molecule has 0 amide bonds. The number of halogens is 2. The number of hydrogen-bond acceptors (Lipinski definition) is 3. The quantitative estimate of drug-likeness (QED) is 0.797. The third kappa shape index (κ3) is 1.88. The van der Waals surface area contributed by atoms with Crippen molar-refractivity contribution < 1.29 is 0 Å². The molecule has 0 saturated carbocycles. The predicted octanol–water partition coefficient (Wildman–Crippen LogP) is 3.06. The Balaban J connectivity index is 2.70. The van der Waals surface area contributed by atoms with E-state index in [0.717, 1.165) is 5.69 Å². The molecule has 4 nitrogen and oxygen atoms in total. The molecule has 0 saturated heterocycles. The van der Waals surface area contributed by atoms with Crippen molar-refractivity contribution in [1.29, 1.82) is 5.26 Å². The smallest absolute Gasteiger partial charge is 0.173 e. The Morgan fingerprint density at radius 2 is 2.00 bits per heavy atom. The Morgan fingerprint density at radius 3 is 2.53 bits per heavy atom. The molecule has 0 bridgehead atoms. The Morgan fingerprint density at radius 1 is 1.29 bits per heavy atom. The van der Waals surface area contributed by atoms with Crippen LogP contribution in [-0.2, 0) is 0 Å². The van der Waals surface area contributed by atoms with Crippen LogP contribution in [0, 0.1) is 25.2 Å². The second kappa shape index (κ2) is 4.36. The molecule has 0 spiro atoms. The standard InChI is InChI=1S/C11H8Cl2N4/c1-6-9(12)7(2)17(16-6)11-10(13)8(5-14)3-4-15-11/h3-4H,1-2H3. The van der Waals surface area contributed by atoms with Crippen LogP contribution in [0.4, 0.5) is 0 Å². The van der Waals surface area contributed by atoms with Crippen LogP contribution in [0.5, 0.6) is 0 Å². The van der Waals surface area contributed by atoms with Gasteiger partial charge in [-0.3, -0.25) is 0 Å². The maximum Gasteiger partial charge on any atom is 0.173 e. The van der Waals surface area contributed by atoms with Crippen LogP contribution in [-0.4, -0.2) is 14.8 Å². The molecule has 0 aromatic carbocycles. The van der Waals surface area contributed by atoms with Crippen molar-refractivity contribution in [3.63, 3.8) is 0 Å². The van der Waals surface area contributed by atoms with Gasteiger partial charge in [-0.1, -0.05) is 23.2 Å². The van der Waals surface area contributed by atoms with E-state index in [-0.39, 0.29) is 5.02 Å². The van der Waals surface area contributed by atoms with Crippen molar-refractivity contribution in [2.45, 2.75) is 13.8 Å². The molecule has 0 unspecified atom stereocenters. The molecule has 0 fully saturated rings. The van der Waals surface area contributed by atoms with Gasteiger partial charge in [0.05, 0.1) is 22.0 Å². The van der Waals surface area contributed by atoms with E-state index >= 15 is 0 Å². The van der Waals surface area contributed by atoms with Gasteiger partial charge in [-0.15, -0.1) is 0 Å². The molecule has 2 aromatic rings. The topological polar surface area (TPSA) is 54.5 Å². The first-order chi connectivity index (χ1) is 8.06. The van der Waals surface area contributed by atoms with Crippen molar-refractivity contribution in [1.82, 2.24) is 14.8 Å². The summed E-state index contributed by atoms with van der Waals surface area (Å²) < 4.78 is 1.54. The van der Waals surface area contributed by atoms with E-state index < -0.39 is 0 Å². The van der Waals surface area contributed by atoms with E-state index in [0.29, 0.717) is 22.1 Å². The van der Waals surface area contributed by atoms with Crippen molar-refractivity contribution in [3.05, 3.63) is 39.3 Å². The summed E-state index contributed by atoms with van der Waals surface area (Å²) in [6.07, 6.45) is 1.52. The van der Waals surface area contributed by atoms with Crippen LogP contribution < -0.4 is 0 Å². The summed E-state index contributed by atoms with van der Waals surface area (Å²) in [6, 6.07) is 3.55. The monoisotopic (exact) mass is 266 g/mol. The average molecular weight is 267 g/mol. The van der Waals surface area contributed by atoms with Gasteiger partial charge in [0.15, 0.2) is 5.82 Å².